The number of hydrogen-bond donors (Lipinski definition) is 2. The van der Waals surface area contributed by atoms with Crippen molar-refractivity contribution in [2.45, 2.75) is 104 Å². The normalized spacial score (nSPS) is 37.0. The molecule has 1 amide bonds. The third-order valence-corrected chi connectivity index (χ3v) is 12.5. The number of fused-ring (bicyclic) bond motifs is 5. The molecule has 5 rings (SSSR count). The van der Waals surface area contributed by atoms with Crippen LogP contribution in [0.5, 0.6) is 0 Å². The molecule has 4 fully saturated rings. The van der Waals surface area contributed by atoms with Crippen LogP contribution in [0.2, 0.25) is 0 Å². The van der Waals surface area contributed by atoms with Gasteiger partial charge in [-0.2, -0.15) is 0 Å². The second-order valence-corrected chi connectivity index (χ2v) is 14.2. The predicted octanol–water partition coefficient (Wildman–Crippen LogP) is 6.57. The van der Waals surface area contributed by atoms with Crippen molar-refractivity contribution >= 4 is 11.9 Å². The Morgan fingerprint density at radius 2 is 1.73 bits per heavy atom. The second kappa shape index (κ2) is 12.3. The first-order chi connectivity index (χ1) is 19.6. The Balaban J connectivity index is 1.21. The van der Waals surface area contributed by atoms with Gasteiger partial charge in [-0.1, -0.05) is 32.9 Å². The number of rotatable bonds is 9. The molecule has 0 heterocycles. The maximum atomic E-state index is 13.1. The Bertz CT molecular complexity index is 1090. The lowest BCUT2D eigenvalue weighted by Gasteiger charge is -2.61. The van der Waals surface area contributed by atoms with Crippen LogP contribution in [0.1, 0.15) is 114 Å². The van der Waals surface area contributed by atoms with Gasteiger partial charge in [-0.05, 0) is 123 Å². The van der Waals surface area contributed by atoms with E-state index in [1.165, 1.54) is 38.5 Å². The van der Waals surface area contributed by atoms with Crippen molar-refractivity contribution in [2.75, 3.05) is 14.2 Å². The molecule has 1 aromatic rings. The van der Waals surface area contributed by atoms with Crippen LogP contribution >= 0.6 is 0 Å². The third-order valence-electron chi connectivity index (χ3n) is 12.5. The molecule has 0 radical (unpaired) electrons. The summed E-state index contributed by atoms with van der Waals surface area (Å²) in [6, 6.07) is 7.40. The molecule has 3 N–H and O–H groups in total. The summed E-state index contributed by atoms with van der Waals surface area (Å²) < 4.78 is 16.9. The molecule has 7 nitrogen and oxygen atoms in total. The summed E-state index contributed by atoms with van der Waals surface area (Å²) in [5.74, 6) is 9.26. The molecule has 0 unspecified atom stereocenters. The zero-order chi connectivity index (χ0) is 29.4. The van der Waals surface area contributed by atoms with E-state index in [2.05, 4.69) is 26.2 Å². The van der Waals surface area contributed by atoms with Crippen molar-refractivity contribution in [1.29, 1.82) is 0 Å². The van der Waals surface area contributed by atoms with Gasteiger partial charge in [-0.15, -0.1) is 0 Å². The Hall–Kier alpha value is -1.96. The zero-order valence-corrected chi connectivity index (χ0v) is 25.8. The minimum Gasteiger partial charge on any atom is -0.459 e. The van der Waals surface area contributed by atoms with Crippen LogP contribution in [0.25, 0.3) is 0 Å². The van der Waals surface area contributed by atoms with Crippen LogP contribution in [0.3, 0.4) is 0 Å². The van der Waals surface area contributed by atoms with E-state index < -0.39 is 6.29 Å². The minimum absolute atomic E-state index is 0.0160. The predicted molar refractivity (Wildman–Crippen MR) is 158 cm³/mol. The van der Waals surface area contributed by atoms with Gasteiger partial charge in [-0.25, -0.2) is 10.6 Å². The summed E-state index contributed by atoms with van der Waals surface area (Å²) in [5, 5.41) is 0. The highest BCUT2D eigenvalue weighted by molar-refractivity contribution is 5.89. The van der Waals surface area contributed by atoms with E-state index in [-0.39, 0.29) is 18.0 Å². The van der Waals surface area contributed by atoms with E-state index in [1.54, 1.807) is 14.2 Å². The fraction of sp³-hybridized carbons (Fsp3) is 0.765. The lowest BCUT2D eigenvalue weighted by molar-refractivity contribution is -0.131. The number of hydrogen-bond acceptors (Lipinski definition) is 6. The van der Waals surface area contributed by atoms with E-state index in [4.69, 9.17) is 20.1 Å². The first kappa shape index (κ1) is 30.5. The number of benzene rings is 1. The lowest BCUT2D eigenvalue weighted by atomic mass is 9.44. The number of esters is 1. The molecule has 0 saturated heterocycles. The SMILES string of the molecule is COC(OC)c1cccc(C(=O)O[C@@H]2CC[C@@]3(C)[C@H](CC[C@@H]4[C@@H]3CC[C@]3(C)[C@@H]([C@H](C)CCC(=O)NN)CC[C@@H]43)C2)c1. The van der Waals surface area contributed by atoms with Crippen LogP contribution in [-0.2, 0) is 19.0 Å². The molecular formula is C34H52N2O5. The number of amides is 1. The summed E-state index contributed by atoms with van der Waals surface area (Å²) in [6.07, 6.45) is 11.8. The van der Waals surface area contributed by atoms with Gasteiger partial charge in [0.05, 0.1) is 5.56 Å². The zero-order valence-electron chi connectivity index (χ0n) is 25.8. The first-order valence-corrected chi connectivity index (χ1v) is 16.0. The molecule has 1 aromatic carbocycles. The average molecular weight is 569 g/mol. The summed E-state index contributed by atoms with van der Waals surface area (Å²) in [6.45, 7) is 7.50. The monoisotopic (exact) mass is 568 g/mol. The molecule has 41 heavy (non-hydrogen) atoms. The Morgan fingerprint density at radius 3 is 2.46 bits per heavy atom. The minimum atomic E-state index is -0.498. The van der Waals surface area contributed by atoms with Gasteiger partial charge in [0.1, 0.15) is 6.10 Å². The molecular weight excluding hydrogens is 516 g/mol. The molecule has 0 bridgehead atoms. The number of carbonyl (C=O) groups excluding carboxylic acids is 2. The van der Waals surface area contributed by atoms with Gasteiger partial charge in [-0.3, -0.25) is 10.2 Å². The number of methoxy groups -OCH3 is 2. The Kier molecular flexibility index (Phi) is 9.18. The van der Waals surface area contributed by atoms with E-state index in [0.29, 0.717) is 40.6 Å². The van der Waals surface area contributed by atoms with E-state index >= 15 is 0 Å². The second-order valence-electron chi connectivity index (χ2n) is 14.2. The fourth-order valence-corrected chi connectivity index (χ4v) is 10.3. The van der Waals surface area contributed by atoms with Crippen molar-refractivity contribution in [3.05, 3.63) is 35.4 Å². The van der Waals surface area contributed by atoms with Crippen LogP contribution in [-0.4, -0.2) is 32.2 Å². The maximum Gasteiger partial charge on any atom is 0.338 e. The summed E-state index contributed by atoms with van der Waals surface area (Å²) in [5.41, 5.74) is 4.39. The lowest BCUT2D eigenvalue weighted by Crippen LogP contribution is -2.54. The van der Waals surface area contributed by atoms with Crippen LogP contribution in [0, 0.1) is 46.3 Å². The molecule has 0 aliphatic heterocycles. The molecule has 0 spiro atoms. The molecule has 0 aromatic heterocycles. The number of ether oxygens (including phenoxy) is 3. The topological polar surface area (TPSA) is 99.9 Å². The quantitative estimate of drug-likeness (QED) is 0.115. The molecule has 4 aliphatic rings. The van der Waals surface area contributed by atoms with E-state index in [1.807, 2.05) is 24.3 Å². The van der Waals surface area contributed by atoms with Gasteiger partial charge < -0.3 is 14.2 Å². The highest BCUT2D eigenvalue weighted by Gasteiger charge is 2.60. The average Bonchev–Trinajstić information content (AvgIpc) is 3.34. The van der Waals surface area contributed by atoms with Gasteiger partial charge in [0.25, 0.3) is 0 Å². The van der Waals surface area contributed by atoms with Gasteiger partial charge in [0.2, 0.25) is 5.91 Å². The Morgan fingerprint density at radius 1 is 1.00 bits per heavy atom. The number of nitrogens with one attached hydrogen (secondary N) is 1. The Labute approximate surface area is 246 Å². The standard InChI is InChI=1S/C34H52N2O5/c1-21(9-14-30(37)36-35)27-12-13-28-26-11-10-24-20-25(15-17-33(24,2)29(26)16-18-34(27,28)3)41-31(38)22-7-6-8-23(19-22)32(39-4)40-5/h6-8,19,21,24-29,32H,9-18,20,35H2,1-5H3,(H,36,37)/t21-,24-,25-,26+,27-,28+,29+,33+,34-/m1/s1. The van der Waals surface area contributed by atoms with E-state index in [9.17, 15) is 9.59 Å². The maximum absolute atomic E-state index is 13.1. The summed E-state index contributed by atoms with van der Waals surface area (Å²) >= 11 is 0. The van der Waals surface area contributed by atoms with E-state index in [0.717, 1.165) is 49.0 Å². The largest absolute Gasteiger partial charge is 0.459 e. The number of nitrogens with two attached hydrogens (primary N) is 1. The van der Waals surface area contributed by atoms with Gasteiger partial charge in [0.15, 0.2) is 6.29 Å². The molecule has 4 aliphatic carbocycles. The van der Waals surface area contributed by atoms with Crippen LogP contribution in [0.15, 0.2) is 24.3 Å². The summed E-state index contributed by atoms with van der Waals surface area (Å²) in [4.78, 5) is 24.9. The van der Waals surface area contributed by atoms with Crippen molar-refractivity contribution < 1.29 is 23.8 Å². The van der Waals surface area contributed by atoms with Gasteiger partial charge >= 0.3 is 5.97 Å². The molecule has 4 saturated carbocycles. The van der Waals surface area contributed by atoms with Gasteiger partial charge in [0, 0.05) is 26.2 Å². The van der Waals surface area contributed by atoms with Crippen molar-refractivity contribution in [1.82, 2.24) is 5.43 Å². The highest BCUT2D eigenvalue weighted by Crippen LogP contribution is 2.68. The first-order valence-electron chi connectivity index (χ1n) is 16.0. The van der Waals surface area contributed by atoms with Crippen LogP contribution in [0.4, 0.5) is 0 Å². The van der Waals surface area contributed by atoms with Crippen molar-refractivity contribution in [2.24, 2.45) is 52.2 Å². The molecule has 9 atom stereocenters. The highest BCUT2D eigenvalue weighted by atomic mass is 16.7. The summed E-state index contributed by atoms with van der Waals surface area (Å²) in [7, 11) is 3.19. The fourth-order valence-electron chi connectivity index (χ4n) is 10.3. The number of carbonyl (C=O) groups is 2. The smallest absolute Gasteiger partial charge is 0.338 e. The van der Waals surface area contributed by atoms with Crippen molar-refractivity contribution in [3.8, 4) is 0 Å². The third kappa shape index (κ3) is 5.71. The molecule has 228 valence electrons. The molecule has 7 heteroatoms. The van der Waals surface area contributed by atoms with Crippen molar-refractivity contribution in [3.63, 3.8) is 0 Å². The van der Waals surface area contributed by atoms with Crippen LogP contribution < -0.4 is 11.3 Å². The number of hydrazine groups is 1.